The molecule has 0 heterocycles. The lowest BCUT2D eigenvalue weighted by molar-refractivity contribution is -0.148. The first-order valence-corrected chi connectivity index (χ1v) is 14.9. The van der Waals surface area contributed by atoms with Gasteiger partial charge >= 0.3 is 5.97 Å². The first-order valence-electron chi connectivity index (χ1n) is 14.0. The molecule has 9 atom stereocenters. The van der Waals surface area contributed by atoms with Crippen molar-refractivity contribution in [3.8, 4) is 5.40 Å². The van der Waals surface area contributed by atoms with Crippen LogP contribution in [0.5, 0.6) is 0 Å². The standard InChI is InChI=1S/C30H47NO2S/c1-19(2)8-7-9-20(3)24-10-11-25-28-26(13-15-30(24,25)6)29(5)14-12-23(33-21(4)32)16-22(29)17-27(28)34-18-31/h17,19-20,23-28H,7-16H2,1-6H3/t20-,23-,24-,25+,26+,27+,28+,29-,30-/m0/s1. The van der Waals surface area contributed by atoms with Gasteiger partial charge in [0.1, 0.15) is 11.5 Å². The van der Waals surface area contributed by atoms with Crippen LogP contribution in [0.3, 0.4) is 0 Å². The van der Waals surface area contributed by atoms with Gasteiger partial charge in [-0.25, -0.2) is 0 Å². The Labute approximate surface area is 212 Å². The molecule has 4 aliphatic carbocycles. The van der Waals surface area contributed by atoms with Crippen LogP contribution >= 0.6 is 11.8 Å². The average Bonchev–Trinajstić information content (AvgIpc) is 3.11. The molecule has 4 rings (SSSR count). The second-order valence-electron chi connectivity index (χ2n) is 13.1. The SMILES string of the molecule is CC(=O)O[C@H]1CC[C@@]2(C)C(=C[C@@H](SC#N)[C@@H]3[C@H]4CC[C@@H]([C@@H](C)CCCC(C)C)[C@]4(C)CC[C@H]32)C1. The minimum absolute atomic E-state index is 0.0116. The van der Waals surface area contributed by atoms with Crippen molar-refractivity contribution in [1.29, 1.82) is 5.26 Å². The summed E-state index contributed by atoms with van der Waals surface area (Å²) in [6.45, 7) is 13.9. The number of rotatable bonds is 7. The summed E-state index contributed by atoms with van der Waals surface area (Å²) in [4.78, 5) is 11.6. The zero-order chi connectivity index (χ0) is 24.7. The number of esters is 1. The Morgan fingerprint density at radius 3 is 2.59 bits per heavy atom. The van der Waals surface area contributed by atoms with Crippen LogP contribution in [-0.4, -0.2) is 17.3 Å². The molecule has 0 aromatic carbocycles. The fraction of sp³-hybridized carbons (Fsp3) is 0.867. The van der Waals surface area contributed by atoms with E-state index in [0.717, 1.165) is 42.9 Å². The average molecular weight is 486 g/mol. The summed E-state index contributed by atoms with van der Waals surface area (Å²) in [5.41, 5.74) is 2.10. The van der Waals surface area contributed by atoms with Crippen molar-refractivity contribution in [3.63, 3.8) is 0 Å². The van der Waals surface area contributed by atoms with E-state index in [0.29, 0.717) is 17.3 Å². The van der Waals surface area contributed by atoms with Gasteiger partial charge in [0.2, 0.25) is 0 Å². The van der Waals surface area contributed by atoms with Gasteiger partial charge in [-0.3, -0.25) is 4.79 Å². The van der Waals surface area contributed by atoms with Crippen molar-refractivity contribution < 1.29 is 9.53 Å². The van der Waals surface area contributed by atoms with Crippen LogP contribution in [-0.2, 0) is 9.53 Å². The van der Waals surface area contributed by atoms with Crippen molar-refractivity contribution in [2.45, 2.75) is 117 Å². The first kappa shape index (κ1) is 26.1. The van der Waals surface area contributed by atoms with E-state index in [1.54, 1.807) is 0 Å². The number of thiocyanates is 1. The predicted molar refractivity (Wildman–Crippen MR) is 141 cm³/mol. The van der Waals surface area contributed by atoms with Gasteiger partial charge in [0.25, 0.3) is 0 Å². The number of hydrogen-bond donors (Lipinski definition) is 0. The Hall–Kier alpha value is -0.950. The van der Waals surface area contributed by atoms with E-state index in [-0.39, 0.29) is 22.7 Å². The van der Waals surface area contributed by atoms with Gasteiger partial charge in [-0.05, 0) is 96.6 Å². The van der Waals surface area contributed by atoms with Crippen molar-refractivity contribution >= 4 is 17.7 Å². The zero-order valence-corrected chi connectivity index (χ0v) is 23.3. The third kappa shape index (κ3) is 4.72. The minimum atomic E-state index is -0.168. The highest BCUT2D eigenvalue weighted by Crippen LogP contribution is 2.68. The molecule has 34 heavy (non-hydrogen) atoms. The molecular weight excluding hydrogens is 438 g/mol. The Bertz CT molecular complexity index is 830. The van der Waals surface area contributed by atoms with Crippen LogP contribution in [0.4, 0.5) is 0 Å². The topological polar surface area (TPSA) is 50.1 Å². The largest absolute Gasteiger partial charge is 0.462 e. The van der Waals surface area contributed by atoms with Gasteiger partial charge < -0.3 is 4.74 Å². The van der Waals surface area contributed by atoms with Crippen molar-refractivity contribution in [2.75, 3.05) is 0 Å². The Morgan fingerprint density at radius 1 is 1.15 bits per heavy atom. The van der Waals surface area contributed by atoms with E-state index in [2.05, 4.69) is 46.1 Å². The van der Waals surface area contributed by atoms with Crippen LogP contribution in [0.2, 0.25) is 0 Å². The third-order valence-corrected chi connectivity index (χ3v) is 11.6. The molecular formula is C30H47NO2S. The highest BCUT2D eigenvalue weighted by atomic mass is 32.2. The summed E-state index contributed by atoms with van der Waals surface area (Å²) in [6.07, 6.45) is 14.9. The number of ether oxygens (including phenoxy) is 1. The highest BCUT2D eigenvalue weighted by Gasteiger charge is 2.61. The fourth-order valence-electron chi connectivity index (χ4n) is 9.12. The summed E-state index contributed by atoms with van der Waals surface area (Å²) in [7, 11) is 0. The van der Waals surface area contributed by atoms with Crippen LogP contribution in [0.25, 0.3) is 0 Å². The normalized spacial score (nSPS) is 42.1. The number of fused-ring (bicyclic) bond motifs is 5. The molecule has 0 N–H and O–H groups in total. The van der Waals surface area contributed by atoms with Gasteiger partial charge in [-0.15, -0.1) is 0 Å². The highest BCUT2D eigenvalue weighted by molar-refractivity contribution is 8.04. The van der Waals surface area contributed by atoms with Crippen LogP contribution in [0.15, 0.2) is 11.6 Å². The lowest BCUT2D eigenvalue weighted by atomic mass is 9.46. The van der Waals surface area contributed by atoms with E-state index in [9.17, 15) is 10.1 Å². The van der Waals surface area contributed by atoms with Gasteiger partial charge in [-0.2, -0.15) is 5.26 Å². The van der Waals surface area contributed by atoms with E-state index < -0.39 is 0 Å². The number of carbonyl (C=O) groups excluding carboxylic acids is 1. The smallest absolute Gasteiger partial charge is 0.302 e. The lowest BCUT2D eigenvalue weighted by Crippen LogP contribution is -2.54. The molecule has 0 saturated heterocycles. The van der Waals surface area contributed by atoms with Crippen LogP contribution < -0.4 is 0 Å². The summed E-state index contributed by atoms with van der Waals surface area (Å²) >= 11 is 1.50. The second kappa shape index (κ2) is 10.2. The maximum absolute atomic E-state index is 11.6. The van der Waals surface area contributed by atoms with Crippen LogP contribution in [0.1, 0.15) is 106 Å². The quantitative estimate of drug-likeness (QED) is 0.207. The van der Waals surface area contributed by atoms with Gasteiger partial charge in [0, 0.05) is 18.6 Å². The number of thioether (sulfide) groups is 1. The van der Waals surface area contributed by atoms with E-state index in [4.69, 9.17) is 4.74 Å². The minimum Gasteiger partial charge on any atom is -0.462 e. The van der Waals surface area contributed by atoms with Crippen molar-refractivity contribution in [2.24, 2.45) is 46.3 Å². The molecule has 0 aromatic rings. The van der Waals surface area contributed by atoms with Crippen molar-refractivity contribution in [1.82, 2.24) is 0 Å². The van der Waals surface area contributed by atoms with Crippen LogP contribution in [0, 0.1) is 57.0 Å². The molecule has 0 aliphatic heterocycles. The second-order valence-corrected chi connectivity index (χ2v) is 14.0. The Kier molecular flexibility index (Phi) is 7.83. The predicted octanol–water partition coefficient (Wildman–Crippen LogP) is 8.15. The molecule has 4 heteroatoms. The first-order chi connectivity index (χ1) is 16.1. The lowest BCUT2D eigenvalue weighted by Gasteiger charge is -2.60. The molecule has 190 valence electrons. The fourth-order valence-corrected chi connectivity index (χ4v) is 10.0. The molecule has 3 saturated carbocycles. The summed E-state index contributed by atoms with van der Waals surface area (Å²) < 4.78 is 5.64. The number of carbonyl (C=O) groups is 1. The van der Waals surface area contributed by atoms with E-state index in [1.807, 2.05) is 0 Å². The Balaban J connectivity index is 1.58. The molecule has 3 fully saturated rings. The molecule has 0 radical (unpaired) electrons. The van der Waals surface area contributed by atoms with Gasteiger partial charge in [0.15, 0.2) is 0 Å². The maximum atomic E-state index is 11.6. The maximum Gasteiger partial charge on any atom is 0.302 e. The molecule has 4 aliphatic rings. The number of nitrogens with zero attached hydrogens (tertiary/aromatic N) is 1. The molecule has 0 unspecified atom stereocenters. The molecule has 0 aromatic heterocycles. The zero-order valence-electron chi connectivity index (χ0n) is 22.4. The third-order valence-electron chi connectivity index (χ3n) is 10.8. The number of nitriles is 1. The summed E-state index contributed by atoms with van der Waals surface area (Å²) in [5, 5.41) is 12.5. The van der Waals surface area contributed by atoms with Crippen molar-refractivity contribution in [3.05, 3.63) is 11.6 Å². The Morgan fingerprint density at radius 2 is 1.91 bits per heavy atom. The monoisotopic (exact) mass is 485 g/mol. The van der Waals surface area contributed by atoms with Gasteiger partial charge in [-0.1, -0.05) is 65.5 Å². The molecule has 0 amide bonds. The summed E-state index contributed by atoms with van der Waals surface area (Å²) in [5.74, 6) is 4.26. The van der Waals surface area contributed by atoms with E-state index in [1.165, 1.54) is 69.2 Å². The van der Waals surface area contributed by atoms with E-state index >= 15 is 0 Å². The number of hydrogen-bond acceptors (Lipinski definition) is 4. The molecule has 3 nitrogen and oxygen atoms in total. The molecule has 0 spiro atoms. The summed E-state index contributed by atoms with van der Waals surface area (Å²) in [6, 6.07) is 0. The van der Waals surface area contributed by atoms with Gasteiger partial charge in [0.05, 0.1) is 0 Å². The molecule has 0 bridgehead atoms.